The van der Waals surface area contributed by atoms with Crippen molar-refractivity contribution in [2.24, 2.45) is 0 Å². The van der Waals surface area contributed by atoms with E-state index in [4.69, 9.17) is 0 Å². The molecule has 102 valence electrons. The summed E-state index contributed by atoms with van der Waals surface area (Å²) in [5.41, 5.74) is 0.747. The SMILES string of the molecule is CNCCCCNCc1ccc(C(C)(F)F)cn1. The highest BCUT2D eigenvalue weighted by Gasteiger charge is 2.24. The first-order valence-electron chi connectivity index (χ1n) is 6.22. The zero-order valence-electron chi connectivity index (χ0n) is 11.0. The highest BCUT2D eigenvalue weighted by molar-refractivity contribution is 5.18. The third kappa shape index (κ3) is 5.51. The largest absolute Gasteiger partial charge is 0.320 e. The van der Waals surface area contributed by atoms with Crippen molar-refractivity contribution in [1.82, 2.24) is 15.6 Å². The van der Waals surface area contributed by atoms with Crippen LogP contribution < -0.4 is 10.6 Å². The molecule has 0 aliphatic rings. The van der Waals surface area contributed by atoms with E-state index in [2.05, 4.69) is 15.6 Å². The summed E-state index contributed by atoms with van der Waals surface area (Å²) in [6, 6.07) is 3.08. The van der Waals surface area contributed by atoms with Crippen molar-refractivity contribution in [3.63, 3.8) is 0 Å². The topological polar surface area (TPSA) is 37.0 Å². The third-order valence-corrected chi connectivity index (χ3v) is 2.67. The molecule has 5 heteroatoms. The van der Waals surface area contributed by atoms with Gasteiger partial charge in [0, 0.05) is 25.2 Å². The van der Waals surface area contributed by atoms with Gasteiger partial charge in [-0.15, -0.1) is 0 Å². The normalized spacial score (nSPS) is 11.8. The summed E-state index contributed by atoms with van der Waals surface area (Å²) in [6.45, 7) is 3.42. The fourth-order valence-corrected chi connectivity index (χ4v) is 1.56. The van der Waals surface area contributed by atoms with Crippen molar-refractivity contribution in [2.75, 3.05) is 20.1 Å². The van der Waals surface area contributed by atoms with Crippen LogP contribution in [0.4, 0.5) is 8.78 Å². The van der Waals surface area contributed by atoms with E-state index in [9.17, 15) is 8.78 Å². The van der Waals surface area contributed by atoms with Gasteiger partial charge in [0.05, 0.1) is 5.69 Å². The molecule has 0 fully saturated rings. The van der Waals surface area contributed by atoms with Crippen LogP contribution in [0.2, 0.25) is 0 Å². The van der Waals surface area contributed by atoms with Crippen LogP contribution in [0, 0.1) is 0 Å². The second-order valence-electron chi connectivity index (χ2n) is 4.41. The summed E-state index contributed by atoms with van der Waals surface area (Å²) in [5, 5.41) is 6.33. The van der Waals surface area contributed by atoms with Crippen LogP contribution in [-0.2, 0) is 12.5 Å². The number of hydrogen-bond donors (Lipinski definition) is 2. The van der Waals surface area contributed by atoms with Crippen molar-refractivity contribution in [2.45, 2.75) is 32.2 Å². The number of nitrogens with one attached hydrogen (secondary N) is 2. The maximum atomic E-state index is 12.9. The van der Waals surface area contributed by atoms with Crippen molar-refractivity contribution >= 4 is 0 Å². The Bertz CT molecular complexity index is 333. The van der Waals surface area contributed by atoms with Gasteiger partial charge in [0.2, 0.25) is 0 Å². The molecule has 18 heavy (non-hydrogen) atoms. The molecule has 1 aromatic rings. The van der Waals surface area contributed by atoms with Gasteiger partial charge in [0.15, 0.2) is 0 Å². The molecule has 0 unspecified atom stereocenters. The lowest BCUT2D eigenvalue weighted by Gasteiger charge is -2.10. The average Bonchev–Trinajstić information content (AvgIpc) is 2.33. The molecule has 2 N–H and O–H groups in total. The summed E-state index contributed by atoms with van der Waals surface area (Å²) < 4.78 is 25.9. The molecule has 0 amide bonds. The van der Waals surface area contributed by atoms with Crippen LogP contribution in [0.25, 0.3) is 0 Å². The first-order chi connectivity index (χ1) is 8.54. The number of alkyl halides is 2. The number of halogens is 2. The molecule has 0 aliphatic carbocycles. The molecule has 0 aromatic carbocycles. The summed E-state index contributed by atoms with van der Waals surface area (Å²) in [6.07, 6.45) is 3.46. The highest BCUT2D eigenvalue weighted by atomic mass is 19.3. The number of hydrogen-bond acceptors (Lipinski definition) is 3. The summed E-state index contributed by atoms with van der Waals surface area (Å²) in [5.74, 6) is -2.81. The van der Waals surface area contributed by atoms with Gasteiger partial charge in [-0.25, -0.2) is 8.78 Å². The molecule has 0 atom stereocenters. The first-order valence-corrected chi connectivity index (χ1v) is 6.22. The van der Waals surface area contributed by atoms with Crippen LogP contribution in [-0.4, -0.2) is 25.1 Å². The van der Waals surface area contributed by atoms with Gasteiger partial charge >= 0.3 is 0 Å². The van der Waals surface area contributed by atoms with Gasteiger partial charge in [-0.3, -0.25) is 4.98 Å². The van der Waals surface area contributed by atoms with Gasteiger partial charge in [0.25, 0.3) is 5.92 Å². The van der Waals surface area contributed by atoms with Gasteiger partial charge < -0.3 is 10.6 Å². The lowest BCUT2D eigenvalue weighted by atomic mass is 10.1. The Morgan fingerprint density at radius 3 is 2.50 bits per heavy atom. The van der Waals surface area contributed by atoms with Gasteiger partial charge in [-0.05, 0) is 45.1 Å². The van der Waals surface area contributed by atoms with Gasteiger partial charge in [-0.2, -0.15) is 0 Å². The molecular formula is C13H21F2N3. The minimum Gasteiger partial charge on any atom is -0.320 e. The smallest absolute Gasteiger partial charge is 0.272 e. The Morgan fingerprint density at radius 1 is 1.22 bits per heavy atom. The van der Waals surface area contributed by atoms with Crippen LogP contribution in [0.5, 0.6) is 0 Å². The Hall–Kier alpha value is -1.07. The lowest BCUT2D eigenvalue weighted by Crippen LogP contribution is -2.17. The molecule has 0 radical (unpaired) electrons. The Kier molecular flexibility index (Phi) is 6.15. The predicted octanol–water partition coefficient (Wildman–Crippen LogP) is 2.28. The van der Waals surface area contributed by atoms with Crippen molar-refractivity contribution < 1.29 is 8.78 Å². The Morgan fingerprint density at radius 2 is 1.94 bits per heavy atom. The Labute approximate surface area is 107 Å². The molecule has 3 nitrogen and oxygen atoms in total. The van der Waals surface area contributed by atoms with E-state index in [-0.39, 0.29) is 5.56 Å². The number of unbranched alkanes of at least 4 members (excludes halogenated alkanes) is 1. The first kappa shape index (κ1) is 15.0. The molecule has 0 saturated heterocycles. The Balaban J connectivity index is 2.27. The number of nitrogens with zero attached hydrogens (tertiary/aromatic N) is 1. The molecule has 0 spiro atoms. The van der Waals surface area contributed by atoms with Crippen molar-refractivity contribution in [3.05, 3.63) is 29.6 Å². The zero-order valence-corrected chi connectivity index (χ0v) is 11.0. The van der Waals surface area contributed by atoms with Crippen molar-refractivity contribution in [3.8, 4) is 0 Å². The molecule has 0 bridgehead atoms. The zero-order chi connectivity index (χ0) is 13.4. The van der Waals surface area contributed by atoms with E-state index < -0.39 is 5.92 Å². The fourth-order valence-electron chi connectivity index (χ4n) is 1.56. The minimum absolute atomic E-state index is 0.0414. The lowest BCUT2D eigenvalue weighted by molar-refractivity contribution is 0.0171. The summed E-state index contributed by atoms with van der Waals surface area (Å²) in [4.78, 5) is 4.02. The monoisotopic (exact) mass is 257 g/mol. The van der Waals surface area contributed by atoms with Crippen LogP contribution in [0.15, 0.2) is 18.3 Å². The fraction of sp³-hybridized carbons (Fsp3) is 0.615. The second kappa shape index (κ2) is 7.38. The van der Waals surface area contributed by atoms with Crippen LogP contribution in [0.3, 0.4) is 0 Å². The highest BCUT2D eigenvalue weighted by Crippen LogP contribution is 2.25. The second-order valence-corrected chi connectivity index (χ2v) is 4.41. The molecule has 0 saturated carbocycles. The molecular weight excluding hydrogens is 236 g/mol. The van der Waals surface area contributed by atoms with Gasteiger partial charge in [-0.1, -0.05) is 0 Å². The number of pyridine rings is 1. The standard InChI is InChI=1S/C13H21F2N3/c1-13(14,15)11-5-6-12(18-9-11)10-17-8-4-3-7-16-2/h5-6,9,16-17H,3-4,7-8,10H2,1-2H3. The summed E-state index contributed by atoms with van der Waals surface area (Å²) >= 11 is 0. The van der Waals surface area contributed by atoms with Crippen molar-refractivity contribution in [1.29, 1.82) is 0 Å². The quantitative estimate of drug-likeness (QED) is 0.702. The van der Waals surface area contributed by atoms with E-state index in [0.29, 0.717) is 6.54 Å². The van der Waals surface area contributed by atoms with E-state index in [1.165, 1.54) is 12.3 Å². The molecule has 1 heterocycles. The van der Waals surface area contributed by atoms with Crippen LogP contribution >= 0.6 is 0 Å². The van der Waals surface area contributed by atoms with Crippen LogP contribution in [0.1, 0.15) is 31.0 Å². The summed E-state index contributed by atoms with van der Waals surface area (Å²) in [7, 11) is 1.93. The maximum Gasteiger partial charge on any atom is 0.272 e. The third-order valence-electron chi connectivity index (χ3n) is 2.67. The minimum atomic E-state index is -2.81. The van der Waals surface area contributed by atoms with E-state index in [1.54, 1.807) is 6.07 Å². The molecule has 1 aromatic heterocycles. The van der Waals surface area contributed by atoms with Gasteiger partial charge in [0.1, 0.15) is 0 Å². The number of rotatable bonds is 8. The number of aromatic nitrogens is 1. The maximum absolute atomic E-state index is 12.9. The predicted molar refractivity (Wildman–Crippen MR) is 68.7 cm³/mol. The van der Waals surface area contributed by atoms with E-state index in [0.717, 1.165) is 38.5 Å². The molecule has 0 aliphatic heterocycles. The van der Waals surface area contributed by atoms with E-state index in [1.807, 2.05) is 7.05 Å². The molecule has 1 rings (SSSR count). The average molecular weight is 257 g/mol. The van der Waals surface area contributed by atoms with E-state index >= 15 is 0 Å².